The quantitative estimate of drug-likeness (QED) is 0.372. The number of carbonyl (C=O) groups excluding carboxylic acids is 1. The largest absolute Gasteiger partial charge is 0.454 e. The van der Waals surface area contributed by atoms with E-state index in [0.29, 0.717) is 22.6 Å². The molecular formula is C28H26ClN3O3. The third-order valence-electron chi connectivity index (χ3n) is 6.55. The van der Waals surface area contributed by atoms with E-state index in [0.717, 1.165) is 49.3 Å². The van der Waals surface area contributed by atoms with E-state index in [1.54, 1.807) is 6.20 Å². The second-order valence-corrected chi connectivity index (χ2v) is 8.69. The van der Waals surface area contributed by atoms with Gasteiger partial charge in [0.25, 0.3) is 0 Å². The minimum atomic E-state index is -0.0191. The number of aromatic nitrogens is 1. The van der Waals surface area contributed by atoms with Gasteiger partial charge in [-0.05, 0) is 11.6 Å². The number of ketones is 1. The summed E-state index contributed by atoms with van der Waals surface area (Å²) in [5, 5.41) is 0.919. The summed E-state index contributed by atoms with van der Waals surface area (Å²) in [5.74, 6) is 1.37. The molecule has 6 rings (SSSR count). The van der Waals surface area contributed by atoms with E-state index >= 15 is 0 Å². The van der Waals surface area contributed by atoms with E-state index in [9.17, 15) is 4.79 Å². The zero-order valence-electron chi connectivity index (χ0n) is 19.2. The molecule has 2 aliphatic heterocycles. The first kappa shape index (κ1) is 23.1. The topological polar surface area (TPSA) is 54.9 Å². The minimum Gasteiger partial charge on any atom is -0.454 e. The number of rotatable bonds is 5. The predicted molar refractivity (Wildman–Crippen MR) is 139 cm³/mol. The van der Waals surface area contributed by atoms with Crippen molar-refractivity contribution in [2.45, 2.75) is 6.54 Å². The van der Waals surface area contributed by atoms with E-state index in [1.165, 1.54) is 5.56 Å². The van der Waals surface area contributed by atoms with Crippen LogP contribution in [0.3, 0.4) is 0 Å². The van der Waals surface area contributed by atoms with Gasteiger partial charge in [-0.2, -0.15) is 0 Å². The van der Waals surface area contributed by atoms with E-state index < -0.39 is 0 Å². The lowest BCUT2D eigenvalue weighted by Gasteiger charge is -2.37. The van der Waals surface area contributed by atoms with Crippen molar-refractivity contribution >= 4 is 34.8 Å². The van der Waals surface area contributed by atoms with Crippen LogP contribution >= 0.6 is 12.4 Å². The summed E-state index contributed by atoms with van der Waals surface area (Å²) in [5.41, 5.74) is 4.33. The molecule has 0 atom stereocenters. The van der Waals surface area contributed by atoms with Gasteiger partial charge < -0.3 is 14.4 Å². The van der Waals surface area contributed by atoms with Crippen LogP contribution in [0.15, 0.2) is 79.0 Å². The number of hydrogen-bond acceptors (Lipinski definition) is 6. The Hall–Kier alpha value is -3.61. The maximum absolute atomic E-state index is 13.6. The van der Waals surface area contributed by atoms with Crippen LogP contribution in [0.2, 0.25) is 0 Å². The molecule has 0 spiro atoms. The fourth-order valence-electron chi connectivity index (χ4n) is 4.79. The molecule has 3 heterocycles. The van der Waals surface area contributed by atoms with Gasteiger partial charge in [-0.1, -0.05) is 60.7 Å². The summed E-state index contributed by atoms with van der Waals surface area (Å²) in [6.45, 7) is 4.63. The predicted octanol–water partition coefficient (Wildman–Crippen LogP) is 4.94. The van der Waals surface area contributed by atoms with E-state index in [1.807, 2.05) is 48.5 Å². The first-order valence-corrected chi connectivity index (χ1v) is 11.6. The summed E-state index contributed by atoms with van der Waals surface area (Å²) >= 11 is 0. The maximum atomic E-state index is 13.6. The van der Waals surface area contributed by atoms with E-state index in [-0.39, 0.29) is 25.0 Å². The normalized spacial score (nSPS) is 15.1. The fourth-order valence-corrected chi connectivity index (χ4v) is 4.79. The highest BCUT2D eigenvalue weighted by Crippen LogP contribution is 2.40. The number of ether oxygens (including phenoxy) is 2. The molecule has 1 saturated heterocycles. The first-order chi connectivity index (χ1) is 16.8. The zero-order chi connectivity index (χ0) is 22.9. The molecule has 0 saturated carbocycles. The van der Waals surface area contributed by atoms with Crippen molar-refractivity contribution in [2.75, 3.05) is 37.9 Å². The number of carbonyl (C=O) groups is 1. The minimum absolute atomic E-state index is 0. The van der Waals surface area contributed by atoms with Crippen LogP contribution in [0, 0.1) is 0 Å². The van der Waals surface area contributed by atoms with Gasteiger partial charge in [0.2, 0.25) is 6.79 Å². The Morgan fingerprint density at radius 3 is 2.23 bits per heavy atom. The van der Waals surface area contributed by atoms with Crippen LogP contribution in [0.25, 0.3) is 10.9 Å². The number of halogens is 1. The Bertz CT molecular complexity index is 1340. The summed E-state index contributed by atoms with van der Waals surface area (Å²) in [4.78, 5) is 23.0. The van der Waals surface area contributed by atoms with Gasteiger partial charge in [-0.15, -0.1) is 12.4 Å². The molecule has 0 radical (unpaired) electrons. The number of benzene rings is 3. The Balaban J connectivity index is 0.00000253. The van der Waals surface area contributed by atoms with Crippen LogP contribution in [0.1, 0.15) is 21.5 Å². The molecule has 0 amide bonds. The Morgan fingerprint density at radius 1 is 0.857 bits per heavy atom. The van der Waals surface area contributed by atoms with Crippen LogP contribution < -0.4 is 14.4 Å². The lowest BCUT2D eigenvalue weighted by atomic mass is 9.99. The summed E-state index contributed by atoms with van der Waals surface area (Å²) < 4.78 is 11.2. The molecule has 2 aliphatic rings. The first-order valence-electron chi connectivity index (χ1n) is 11.6. The summed E-state index contributed by atoms with van der Waals surface area (Å²) in [7, 11) is 0. The SMILES string of the molecule is Cl.O=C(c1ccccc1)c1cnc2cc3c(cc2c1N1CCN(Cc2ccccc2)CC1)OCO3. The molecule has 6 nitrogen and oxygen atoms in total. The van der Waals surface area contributed by atoms with Crippen LogP contribution in [-0.2, 0) is 6.54 Å². The molecular weight excluding hydrogens is 462 g/mol. The van der Waals surface area contributed by atoms with Crippen molar-refractivity contribution in [3.63, 3.8) is 0 Å². The van der Waals surface area contributed by atoms with Crippen molar-refractivity contribution < 1.29 is 14.3 Å². The van der Waals surface area contributed by atoms with Gasteiger partial charge in [0.1, 0.15) is 0 Å². The van der Waals surface area contributed by atoms with Crippen molar-refractivity contribution in [1.82, 2.24) is 9.88 Å². The molecule has 0 aliphatic carbocycles. The zero-order valence-corrected chi connectivity index (χ0v) is 20.0. The molecule has 7 heteroatoms. The monoisotopic (exact) mass is 487 g/mol. The molecule has 0 N–H and O–H groups in total. The number of pyridine rings is 1. The van der Waals surface area contributed by atoms with Gasteiger partial charge in [-0.25, -0.2) is 0 Å². The van der Waals surface area contributed by atoms with Gasteiger partial charge in [0, 0.05) is 55.9 Å². The van der Waals surface area contributed by atoms with Crippen molar-refractivity contribution in [3.8, 4) is 11.5 Å². The smallest absolute Gasteiger partial charge is 0.231 e. The summed E-state index contributed by atoms with van der Waals surface area (Å²) in [6, 6.07) is 23.8. The average Bonchev–Trinajstić information content (AvgIpc) is 3.35. The van der Waals surface area contributed by atoms with E-state index in [2.05, 4.69) is 39.0 Å². The Kier molecular flexibility index (Phi) is 6.57. The van der Waals surface area contributed by atoms with Gasteiger partial charge in [-0.3, -0.25) is 14.7 Å². The molecule has 0 bridgehead atoms. The number of anilines is 1. The Labute approximate surface area is 210 Å². The maximum Gasteiger partial charge on any atom is 0.231 e. The van der Waals surface area contributed by atoms with Gasteiger partial charge >= 0.3 is 0 Å². The molecule has 4 aromatic rings. The molecule has 1 aromatic heterocycles. The average molecular weight is 488 g/mol. The van der Waals surface area contributed by atoms with Crippen molar-refractivity contribution in [2.24, 2.45) is 0 Å². The van der Waals surface area contributed by atoms with Crippen LogP contribution in [0.5, 0.6) is 11.5 Å². The number of piperazine rings is 1. The molecule has 0 unspecified atom stereocenters. The van der Waals surface area contributed by atoms with Crippen molar-refractivity contribution in [3.05, 3.63) is 95.7 Å². The van der Waals surface area contributed by atoms with Gasteiger partial charge in [0.05, 0.1) is 16.8 Å². The highest BCUT2D eigenvalue weighted by molar-refractivity contribution is 6.16. The molecule has 178 valence electrons. The fraction of sp³-hybridized carbons (Fsp3) is 0.214. The number of hydrogen-bond donors (Lipinski definition) is 0. The standard InChI is InChI=1S/C28H25N3O3.ClH/c32-28(21-9-5-2-6-10-21)23-17-29-24-16-26-25(33-19-34-26)15-22(24)27(23)31-13-11-30(12-14-31)18-20-7-3-1-4-8-20;/h1-10,15-17H,11-14,18-19H2;1H. The highest BCUT2D eigenvalue weighted by Gasteiger charge is 2.27. The lowest BCUT2D eigenvalue weighted by Crippen LogP contribution is -2.46. The lowest BCUT2D eigenvalue weighted by molar-refractivity contribution is 0.103. The second kappa shape index (κ2) is 9.94. The van der Waals surface area contributed by atoms with Crippen LogP contribution in [0.4, 0.5) is 5.69 Å². The number of nitrogens with zero attached hydrogens (tertiary/aromatic N) is 3. The molecule has 3 aromatic carbocycles. The third-order valence-corrected chi connectivity index (χ3v) is 6.55. The third kappa shape index (κ3) is 4.55. The Morgan fingerprint density at radius 2 is 1.51 bits per heavy atom. The highest BCUT2D eigenvalue weighted by atomic mass is 35.5. The van der Waals surface area contributed by atoms with Crippen LogP contribution in [-0.4, -0.2) is 48.6 Å². The number of fused-ring (bicyclic) bond motifs is 2. The second-order valence-electron chi connectivity index (χ2n) is 8.69. The molecule has 1 fully saturated rings. The summed E-state index contributed by atoms with van der Waals surface area (Å²) in [6.07, 6.45) is 1.71. The van der Waals surface area contributed by atoms with E-state index in [4.69, 9.17) is 9.47 Å². The van der Waals surface area contributed by atoms with Crippen molar-refractivity contribution in [1.29, 1.82) is 0 Å². The molecule has 35 heavy (non-hydrogen) atoms. The van der Waals surface area contributed by atoms with Gasteiger partial charge in [0.15, 0.2) is 17.3 Å².